The summed E-state index contributed by atoms with van der Waals surface area (Å²) in [4.78, 5) is 58.4. The summed E-state index contributed by atoms with van der Waals surface area (Å²) < 4.78 is 35.3. The first-order chi connectivity index (χ1) is 33.3. The van der Waals surface area contributed by atoms with E-state index in [1.54, 1.807) is 52.8 Å². The van der Waals surface area contributed by atoms with Crippen LogP contribution in [0, 0.1) is 35.5 Å². The highest BCUT2D eigenvalue weighted by atomic mass is 32.2. The van der Waals surface area contributed by atoms with Gasteiger partial charge in [0.15, 0.2) is 5.78 Å². The second-order valence-corrected chi connectivity index (χ2v) is 22.2. The summed E-state index contributed by atoms with van der Waals surface area (Å²) in [5, 5.41) is 34.2. The Balaban J connectivity index is 1.68. The predicted molar refractivity (Wildman–Crippen MR) is 273 cm³/mol. The smallest absolute Gasteiger partial charge is 0.296 e. The molecule has 4 rings (SSSR count). The molecule has 0 aromatic rings. The lowest BCUT2D eigenvalue weighted by Crippen LogP contribution is -2.60. The maximum Gasteiger partial charge on any atom is 0.296 e. The van der Waals surface area contributed by atoms with Crippen LogP contribution in [0.3, 0.4) is 0 Å². The fourth-order valence-electron chi connectivity index (χ4n) is 10.6. The number of thioether (sulfide) groups is 1. The van der Waals surface area contributed by atoms with E-state index in [0.29, 0.717) is 89.1 Å². The van der Waals surface area contributed by atoms with E-state index in [0.717, 1.165) is 24.8 Å². The first-order valence-electron chi connectivity index (χ1n) is 26.1. The Labute approximate surface area is 423 Å². The van der Waals surface area contributed by atoms with Crippen LogP contribution in [0.15, 0.2) is 47.6 Å². The average molecular weight is 1000 g/mol. The van der Waals surface area contributed by atoms with E-state index in [4.69, 9.17) is 28.4 Å². The summed E-state index contributed by atoms with van der Waals surface area (Å²) in [5.74, 6) is -5.19. The van der Waals surface area contributed by atoms with Gasteiger partial charge in [0, 0.05) is 63.1 Å². The van der Waals surface area contributed by atoms with Crippen molar-refractivity contribution in [2.75, 3.05) is 60.1 Å². The molecular formula is C55H89NO13S. The van der Waals surface area contributed by atoms with E-state index in [9.17, 15) is 34.5 Å². The minimum absolute atomic E-state index is 0.0404. The number of carbonyl (C=O) groups excluding carboxylic acids is 4. The molecule has 0 radical (unpaired) electrons. The largest absolute Gasteiger partial charge is 0.390 e. The molecule has 3 heterocycles. The van der Waals surface area contributed by atoms with Crippen molar-refractivity contribution < 1.29 is 62.9 Å². The van der Waals surface area contributed by atoms with Crippen molar-refractivity contribution in [2.24, 2.45) is 35.5 Å². The molecular weight excluding hydrogens is 915 g/mol. The maximum absolute atomic E-state index is 14.4. The Morgan fingerprint density at radius 1 is 0.871 bits per heavy atom. The first kappa shape index (κ1) is 60.0. The Morgan fingerprint density at radius 2 is 1.63 bits per heavy atom. The zero-order valence-electron chi connectivity index (χ0n) is 44.1. The Bertz CT molecular complexity index is 1790. The van der Waals surface area contributed by atoms with Crippen LogP contribution in [0.25, 0.3) is 0 Å². The molecule has 15 atom stereocenters. The molecule has 398 valence electrons. The minimum Gasteiger partial charge on any atom is -0.390 e. The normalized spacial score (nSPS) is 37.3. The van der Waals surface area contributed by atoms with Gasteiger partial charge in [-0.3, -0.25) is 19.2 Å². The van der Waals surface area contributed by atoms with Crippen molar-refractivity contribution in [3.05, 3.63) is 47.6 Å². The summed E-state index contributed by atoms with van der Waals surface area (Å²) in [7, 11) is 4.66. The lowest BCUT2D eigenvalue weighted by atomic mass is 9.78. The van der Waals surface area contributed by atoms with Crippen molar-refractivity contribution in [3.63, 3.8) is 0 Å². The molecule has 2 bridgehead atoms. The maximum atomic E-state index is 14.4. The van der Waals surface area contributed by atoms with Crippen LogP contribution in [0.5, 0.6) is 0 Å². The zero-order valence-corrected chi connectivity index (χ0v) is 44.9. The lowest BCUT2D eigenvalue weighted by molar-refractivity contribution is -0.263. The van der Waals surface area contributed by atoms with E-state index < -0.39 is 71.8 Å². The van der Waals surface area contributed by atoms with Crippen LogP contribution < -0.4 is 0 Å². The van der Waals surface area contributed by atoms with E-state index in [-0.39, 0.29) is 53.7 Å². The number of allylic oxidation sites excluding steroid dienone is 6. The molecule has 3 aliphatic heterocycles. The van der Waals surface area contributed by atoms with Gasteiger partial charge in [-0.05, 0) is 108 Å². The van der Waals surface area contributed by atoms with E-state index in [1.807, 2.05) is 44.2 Å². The number of Topliss-reactive ketones (excluding diaryl/α,β-unsaturated/α-hetero) is 3. The van der Waals surface area contributed by atoms with Crippen molar-refractivity contribution in [1.29, 1.82) is 0 Å². The van der Waals surface area contributed by atoms with Gasteiger partial charge in [0.2, 0.25) is 5.79 Å². The van der Waals surface area contributed by atoms with Crippen molar-refractivity contribution in [1.82, 2.24) is 4.90 Å². The molecule has 1 amide bonds. The number of piperidine rings is 1. The van der Waals surface area contributed by atoms with Gasteiger partial charge in [-0.2, -0.15) is 11.8 Å². The minimum atomic E-state index is -2.31. The molecule has 70 heavy (non-hydrogen) atoms. The SMILES string of the molecule is COCCOCCSC1C[C@@H]2CC[C@@H](C)[C@@](O)(O2)C(=O)C(=O)N2CCCC[C@H]2CO[C@H]([C@H](C)C[C@@H]2CC[C@@H](O)[C@H](OC)C2)CC(=O)[C@H](C)/C=C(\C)[C@H](O)[C@@H](OC)C(=O)[C@H](C)C[C@H](C)/C=C/C=CC=C1C. The van der Waals surface area contributed by atoms with Crippen LogP contribution >= 0.6 is 11.8 Å². The van der Waals surface area contributed by atoms with Gasteiger partial charge < -0.3 is 48.6 Å². The molecule has 3 fully saturated rings. The summed E-state index contributed by atoms with van der Waals surface area (Å²) in [6.07, 6.45) is 14.5. The molecule has 0 aromatic heterocycles. The number of aliphatic hydroxyl groups is 3. The van der Waals surface area contributed by atoms with Gasteiger partial charge in [0.25, 0.3) is 11.7 Å². The molecule has 2 saturated heterocycles. The molecule has 1 unspecified atom stereocenters. The molecule has 3 N–H and O–H groups in total. The van der Waals surface area contributed by atoms with Crippen LogP contribution in [0.2, 0.25) is 0 Å². The molecule has 0 spiro atoms. The second kappa shape index (κ2) is 30.0. The van der Waals surface area contributed by atoms with Gasteiger partial charge in [-0.1, -0.05) is 76.6 Å². The number of hydrogen-bond donors (Lipinski definition) is 3. The van der Waals surface area contributed by atoms with Gasteiger partial charge in [-0.25, -0.2) is 0 Å². The Kier molecular flexibility index (Phi) is 25.7. The summed E-state index contributed by atoms with van der Waals surface area (Å²) in [6.45, 7) is 15.2. The number of ether oxygens (including phenoxy) is 6. The Morgan fingerprint density at radius 3 is 2.34 bits per heavy atom. The van der Waals surface area contributed by atoms with Crippen LogP contribution in [-0.4, -0.2) is 157 Å². The molecule has 15 heteroatoms. The quantitative estimate of drug-likeness (QED) is 0.0997. The first-order valence-corrected chi connectivity index (χ1v) is 27.1. The molecule has 1 aliphatic carbocycles. The number of rotatable bonds is 12. The molecule has 14 nitrogen and oxygen atoms in total. The summed E-state index contributed by atoms with van der Waals surface area (Å²) in [5.41, 5.74) is 1.53. The third-order valence-electron chi connectivity index (χ3n) is 15.3. The zero-order chi connectivity index (χ0) is 51.5. The van der Waals surface area contributed by atoms with Gasteiger partial charge in [-0.15, -0.1) is 0 Å². The lowest BCUT2D eigenvalue weighted by Gasteiger charge is -2.43. The number of nitrogens with zero attached hydrogens (tertiary/aromatic N) is 1. The van der Waals surface area contributed by atoms with E-state index in [1.165, 1.54) is 12.0 Å². The van der Waals surface area contributed by atoms with Crippen LogP contribution in [0.1, 0.15) is 126 Å². The summed E-state index contributed by atoms with van der Waals surface area (Å²) in [6, 6.07) is -0.474. The second-order valence-electron chi connectivity index (χ2n) is 20.9. The highest BCUT2D eigenvalue weighted by Crippen LogP contribution is 2.39. The highest BCUT2D eigenvalue weighted by Gasteiger charge is 2.52. The number of aliphatic hydroxyl groups excluding tert-OH is 2. The number of fused-ring (bicyclic) bond motifs is 3. The third-order valence-corrected chi connectivity index (χ3v) is 16.6. The third kappa shape index (κ3) is 17.5. The highest BCUT2D eigenvalue weighted by molar-refractivity contribution is 8.00. The molecule has 0 aromatic carbocycles. The number of carbonyl (C=O) groups is 4. The topological polar surface area (TPSA) is 188 Å². The van der Waals surface area contributed by atoms with Gasteiger partial charge in [0.05, 0.1) is 56.9 Å². The fraction of sp³-hybridized carbons (Fsp3) is 0.782. The van der Waals surface area contributed by atoms with Crippen molar-refractivity contribution >= 4 is 35.0 Å². The van der Waals surface area contributed by atoms with Crippen molar-refractivity contribution in [3.8, 4) is 0 Å². The molecule has 1 saturated carbocycles. The number of hydrogen-bond acceptors (Lipinski definition) is 14. The fourth-order valence-corrected chi connectivity index (χ4v) is 11.8. The van der Waals surface area contributed by atoms with E-state index >= 15 is 0 Å². The summed E-state index contributed by atoms with van der Waals surface area (Å²) >= 11 is 1.71. The van der Waals surface area contributed by atoms with E-state index in [2.05, 4.69) is 13.8 Å². The van der Waals surface area contributed by atoms with Crippen molar-refractivity contribution in [2.45, 2.75) is 179 Å². The number of methoxy groups -OCH3 is 3. The monoisotopic (exact) mass is 1000 g/mol. The predicted octanol–water partition coefficient (Wildman–Crippen LogP) is 7.40. The Hall–Kier alpha value is -2.57. The average Bonchev–Trinajstić information content (AvgIpc) is 3.34. The van der Waals surface area contributed by atoms with Gasteiger partial charge in [0.1, 0.15) is 18.0 Å². The van der Waals surface area contributed by atoms with Crippen LogP contribution in [-0.2, 0) is 47.6 Å². The molecule has 4 aliphatic rings. The number of ketones is 3. The van der Waals surface area contributed by atoms with Gasteiger partial charge >= 0.3 is 0 Å². The number of amides is 1. The van der Waals surface area contributed by atoms with Crippen LogP contribution in [0.4, 0.5) is 0 Å². The standard InChI is InChI=1S/C55H89NO13S/c1-35-16-12-11-13-17-36(2)49(70-27-26-67-25-24-64-8)32-44-21-19-41(7)55(63,69-44)53(61)54(62)56-23-15-14-18-43(56)34-68-47(38(4)30-42-20-22-45(57)48(31-42)65-9)33-46(58)37(3)29-40(6)51(60)52(66-10)50(59)39(5)28-35/h11-13,16-17,29,35,37-39,41-45,47-49,51-52,57,60,63H,14-15,18-28,30-34H2,1-10H3/b13-11?,16-12+,36-17?,40-29+/t35-,37-,38-,39-,41-,42+,43+,44+,45-,47+,48-,49?,51+,52+,55-/m1/s1.